The molecule has 0 aliphatic heterocycles. The summed E-state index contributed by atoms with van der Waals surface area (Å²) in [6.45, 7) is 1.55. The van der Waals surface area contributed by atoms with Crippen LogP contribution in [-0.4, -0.2) is 35.9 Å². The zero-order chi connectivity index (χ0) is 9.73. The van der Waals surface area contributed by atoms with Crippen LogP contribution < -0.4 is 5.32 Å². The van der Waals surface area contributed by atoms with Gasteiger partial charge in [-0.3, -0.25) is 0 Å². The summed E-state index contributed by atoms with van der Waals surface area (Å²) in [5.41, 5.74) is 0.0943. The number of aliphatic carboxylic acids is 1. The first-order valence-corrected chi connectivity index (χ1v) is 4.40. The third-order valence-corrected chi connectivity index (χ3v) is 2.32. The highest BCUT2D eigenvalue weighted by Gasteiger charge is 2.41. The molecule has 1 aliphatic rings. The Morgan fingerprint density at radius 1 is 1.54 bits per heavy atom. The number of hydrogen-bond acceptors (Lipinski definition) is 3. The third-order valence-electron chi connectivity index (χ3n) is 2.32. The van der Waals surface area contributed by atoms with E-state index in [0.29, 0.717) is 6.54 Å². The van der Waals surface area contributed by atoms with E-state index in [4.69, 9.17) is 10.2 Å². The molecule has 1 aliphatic carbocycles. The van der Waals surface area contributed by atoms with Crippen LogP contribution >= 0.6 is 0 Å². The van der Waals surface area contributed by atoms with E-state index >= 15 is 0 Å². The minimum atomic E-state index is -0.926. The van der Waals surface area contributed by atoms with E-state index in [9.17, 15) is 4.79 Å². The predicted molar refractivity (Wildman–Crippen MR) is 48.4 cm³/mol. The van der Waals surface area contributed by atoms with Gasteiger partial charge in [0.1, 0.15) is 0 Å². The second-order valence-electron chi connectivity index (χ2n) is 3.53. The fraction of sp³-hybridized carbons (Fsp3) is 0.667. The number of aliphatic hydroxyl groups is 1. The standard InChI is InChI=1S/C9H15NO3/c11-7-9(3-4-9)6-10-5-1-2-8(12)13/h1-2,10-11H,3-7H2,(H,12,13)/b2-1+. The molecule has 0 amide bonds. The van der Waals surface area contributed by atoms with Crippen molar-refractivity contribution in [1.82, 2.24) is 5.32 Å². The van der Waals surface area contributed by atoms with Gasteiger partial charge in [-0.1, -0.05) is 6.08 Å². The lowest BCUT2D eigenvalue weighted by molar-refractivity contribution is -0.131. The number of carbonyl (C=O) groups is 1. The molecule has 3 N–H and O–H groups in total. The number of aliphatic hydroxyl groups excluding tert-OH is 1. The van der Waals surface area contributed by atoms with Crippen LogP contribution in [0.5, 0.6) is 0 Å². The maximum Gasteiger partial charge on any atom is 0.328 e. The van der Waals surface area contributed by atoms with E-state index in [2.05, 4.69) is 5.32 Å². The second kappa shape index (κ2) is 4.39. The highest BCUT2D eigenvalue weighted by molar-refractivity contribution is 5.79. The van der Waals surface area contributed by atoms with Crippen molar-refractivity contribution < 1.29 is 15.0 Å². The molecule has 0 aromatic carbocycles. The highest BCUT2D eigenvalue weighted by Crippen LogP contribution is 2.44. The lowest BCUT2D eigenvalue weighted by atomic mass is 10.1. The van der Waals surface area contributed by atoms with Crippen molar-refractivity contribution in [3.63, 3.8) is 0 Å². The topological polar surface area (TPSA) is 69.6 Å². The molecular weight excluding hydrogens is 170 g/mol. The van der Waals surface area contributed by atoms with E-state index in [1.54, 1.807) is 6.08 Å². The minimum absolute atomic E-state index is 0.0943. The fourth-order valence-corrected chi connectivity index (χ4v) is 1.15. The summed E-state index contributed by atoms with van der Waals surface area (Å²) < 4.78 is 0. The Labute approximate surface area is 77.3 Å². The lowest BCUT2D eigenvalue weighted by Gasteiger charge is -2.10. The Morgan fingerprint density at radius 3 is 2.69 bits per heavy atom. The van der Waals surface area contributed by atoms with E-state index in [0.717, 1.165) is 25.5 Å². The van der Waals surface area contributed by atoms with Gasteiger partial charge in [0.15, 0.2) is 0 Å². The molecule has 1 saturated carbocycles. The molecule has 0 heterocycles. The Morgan fingerprint density at radius 2 is 2.23 bits per heavy atom. The van der Waals surface area contributed by atoms with Crippen LogP contribution in [0.25, 0.3) is 0 Å². The second-order valence-corrected chi connectivity index (χ2v) is 3.53. The van der Waals surface area contributed by atoms with Crippen molar-refractivity contribution in [3.05, 3.63) is 12.2 Å². The predicted octanol–water partition coefficient (Wildman–Crippen LogP) is -0.0107. The Balaban J connectivity index is 2.04. The first-order valence-electron chi connectivity index (χ1n) is 4.40. The zero-order valence-electron chi connectivity index (χ0n) is 7.49. The van der Waals surface area contributed by atoms with Crippen LogP contribution in [0, 0.1) is 5.41 Å². The summed E-state index contributed by atoms with van der Waals surface area (Å²) in [6.07, 6.45) is 4.82. The third kappa shape index (κ3) is 3.57. The maximum atomic E-state index is 10.1. The number of rotatable bonds is 6. The smallest absolute Gasteiger partial charge is 0.328 e. The highest BCUT2D eigenvalue weighted by atomic mass is 16.4. The first-order chi connectivity index (χ1) is 6.18. The molecule has 0 saturated heterocycles. The van der Waals surface area contributed by atoms with Crippen molar-refractivity contribution in [3.8, 4) is 0 Å². The SMILES string of the molecule is O=C(O)/C=C/CNCC1(CO)CC1. The van der Waals surface area contributed by atoms with Crippen molar-refractivity contribution in [2.75, 3.05) is 19.7 Å². The number of nitrogens with one attached hydrogen (secondary N) is 1. The molecular formula is C9H15NO3. The average Bonchev–Trinajstić information content (AvgIpc) is 2.84. The molecule has 0 bridgehead atoms. The van der Waals surface area contributed by atoms with Gasteiger partial charge in [0.05, 0.1) is 0 Å². The Bertz CT molecular complexity index is 209. The average molecular weight is 185 g/mol. The molecule has 74 valence electrons. The summed E-state index contributed by atoms with van der Waals surface area (Å²) in [5, 5.41) is 20.3. The molecule has 4 nitrogen and oxygen atoms in total. The molecule has 0 aromatic heterocycles. The normalized spacial score (nSPS) is 19.2. The van der Waals surface area contributed by atoms with E-state index in [-0.39, 0.29) is 12.0 Å². The van der Waals surface area contributed by atoms with Gasteiger partial charge in [-0.25, -0.2) is 4.79 Å². The van der Waals surface area contributed by atoms with Crippen LogP contribution in [0.4, 0.5) is 0 Å². The van der Waals surface area contributed by atoms with Crippen LogP contribution in [-0.2, 0) is 4.79 Å². The van der Waals surface area contributed by atoms with Gasteiger partial charge in [0.2, 0.25) is 0 Å². The van der Waals surface area contributed by atoms with Crippen LogP contribution in [0.1, 0.15) is 12.8 Å². The van der Waals surface area contributed by atoms with Crippen molar-refractivity contribution >= 4 is 5.97 Å². The van der Waals surface area contributed by atoms with Gasteiger partial charge < -0.3 is 15.5 Å². The van der Waals surface area contributed by atoms with Crippen molar-refractivity contribution in [1.29, 1.82) is 0 Å². The summed E-state index contributed by atoms with van der Waals surface area (Å²) in [6, 6.07) is 0. The molecule has 0 atom stereocenters. The minimum Gasteiger partial charge on any atom is -0.478 e. The van der Waals surface area contributed by atoms with Gasteiger partial charge in [-0.2, -0.15) is 0 Å². The van der Waals surface area contributed by atoms with Crippen molar-refractivity contribution in [2.45, 2.75) is 12.8 Å². The van der Waals surface area contributed by atoms with Crippen LogP contribution in [0.3, 0.4) is 0 Å². The van der Waals surface area contributed by atoms with Gasteiger partial charge >= 0.3 is 5.97 Å². The number of carboxylic acid groups (broad SMARTS) is 1. The molecule has 0 spiro atoms. The maximum absolute atomic E-state index is 10.1. The van der Waals surface area contributed by atoms with Gasteiger partial charge in [-0.05, 0) is 12.8 Å². The summed E-state index contributed by atoms with van der Waals surface area (Å²) in [7, 11) is 0. The molecule has 1 fully saturated rings. The van der Waals surface area contributed by atoms with Gasteiger partial charge in [-0.15, -0.1) is 0 Å². The summed E-state index contributed by atoms with van der Waals surface area (Å²) in [5.74, 6) is -0.926. The van der Waals surface area contributed by atoms with Crippen LogP contribution in [0.15, 0.2) is 12.2 Å². The summed E-state index contributed by atoms with van der Waals surface area (Å²) in [4.78, 5) is 10.1. The molecule has 0 aromatic rings. The first kappa shape index (κ1) is 10.2. The van der Waals surface area contributed by atoms with Gasteiger partial charge in [0, 0.05) is 31.2 Å². The quantitative estimate of drug-likeness (QED) is 0.402. The summed E-state index contributed by atoms with van der Waals surface area (Å²) >= 11 is 0. The monoisotopic (exact) mass is 185 g/mol. The largest absolute Gasteiger partial charge is 0.478 e. The lowest BCUT2D eigenvalue weighted by Crippen LogP contribution is -2.26. The molecule has 0 unspecified atom stereocenters. The Kier molecular flexibility index (Phi) is 3.45. The molecule has 0 radical (unpaired) electrons. The molecule has 13 heavy (non-hydrogen) atoms. The number of hydrogen-bond donors (Lipinski definition) is 3. The van der Waals surface area contributed by atoms with Crippen LogP contribution in [0.2, 0.25) is 0 Å². The molecule has 4 heteroatoms. The molecule has 1 rings (SSSR count). The van der Waals surface area contributed by atoms with E-state index in [1.807, 2.05) is 0 Å². The van der Waals surface area contributed by atoms with Gasteiger partial charge in [0.25, 0.3) is 0 Å². The van der Waals surface area contributed by atoms with E-state index < -0.39 is 5.97 Å². The number of carboxylic acids is 1. The zero-order valence-corrected chi connectivity index (χ0v) is 7.49. The van der Waals surface area contributed by atoms with Crippen molar-refractivity contribution in [2.24, 2.45) is 5.41 Å². The fourth-order valence-electron chi connectivity index (χ4n) is 1.15. The Hall–Kier alpha value is -0.870. The van der Waals surface area contributed by atoms with E-state index in [1.165, 1.54) is 0 Å².